The van der Waals surface area contributed by atoms with Gasteiger partial charge in [-0.15, -0.1) is 0 Å². The fraction of sp³-hybridized carbons (Fsp3) is 0.400. The highest BCUT2D eigenvalue weighted by molar-refractivity contribution is 5.85. The molecule has 0 radical (unpaired) electrons. The molecule has 21 heavy (non-hydrogen) atoms. The predicted molar refractivity (Wildman–Crippen MR) is 91.7 cm³/mol. The minimum absolute atomic E-state index is 0.501. The molecule has 0 saturated heterocycles. The topological polar surface area (TPSA) is 12.0 Å². The zero-order chi connectivity index (χ0) is 14.5. The lowest BCUT2D eigenvalue weighted by Crippen LogP contribution is -2.33. The molecular weight excluding hydrogens is 254 g/mol. The van der Waals surface area contributed by atoms with E-state index in [-0.39, 0.29) is 0 Å². The summed E-state index contributed by atoms with van der Waals surface area (Å²) in [4.78, 5) is 0. The fourth-order valence-electron chi connectivity index (χ4n) is 3.45. The van der Waals surface area contributed by atoms with Crippen molar-refractivity contribution >= 4 is 10.8 Å². The molecule has 0 aromatic heterocycles. The zero-order valence-electron chi connectivity index (χ0n) is 12.9. The number of benzene rings is 2. The van der Waals surface area contributed by atoms with Gasteiger partial charge in [-0.1, -0.05) is 61.0 Å². The Hall–Kier alpha value is -1.60. The molecule has 110 valence electrons. The van der Waals surface area contributed by atoms with Crippen LogP contribution in [0.15, 0.2) is 54.1 Å². The standard InChI is InChI=1S/C20H25N/c1-2-21-20(17-10-4-3-5-11-17)15-18-13-8-12-16-9-6-7-14-19(16)18/h6-10,12-14,20-21H,2-5,11,15H2,1H3. The molecule has 2 aromatic rings. The number of likely N-dealkylation sites (N-methyl/N-ethyl adjacent to an activating group) is 1. The van der Waals surface area contributed by atoms with Crippen LogP contribution in [0.1, 0.15) is 38.2 Å². The number of rotatable bonds is 5. The number of allylic oxidation sites excluding steroid dienone is 1. The molecule has 1 unspecified atom stereocenters. The van der Waals surface area contributed by atoms with Gasteiger partial charge >= 0.3 is 0 Å². The molecule has 0 heterocycles. The van der Waals surface area contributed by atoms with E-state index in [0.29, 0.717) is 6.04 Å². The second-order valence-electron chi connectivity index (χ2n) is 5.98. The molecule has 0 saturated carbocycles. The van der Waals surface area contributed by atoms with Crippen molar-refractivity contribution in [1.82, 2.24) is 5.32 Å². The van der Waals surface area contributed by atoms with Gasteiger partial charge in [0.1, 0.15) is 0 Å². The van der Waals surface area contributed by atoms with E-state index in [4.69, 9.17) is 0 Å². The van der Waals surface area contributed by atoms with Gasteiger partial charge in [0.25, 0.3) is 0 Å². The second kappa shape index (κ2) is 6.91. The van der Waals surface area contributed by atoms with Crippen molar-refractivity contribution in [1.29, 1.82) is 0 Å². The molecule has 0 aliphatic heterocycles. The second-order valence-corrected chi connectivity index (χ2v) is 5.98. The third-order valence-corrected chi connectivity index (χ3v) is 4.53. The Bertz CT molecular complexity index is 621. The average Bonchev–Trinajstić information content (AvgIpc) is 2.55. The molecule has 3 rings (SSSR count). The molecule has 1 aliphatic rings. The largest absolute Gasteiger partial charge is 0.310 e. The summed E-state index contributed by atoms with van der Waals surface area (Å²) in [5, 5.41) is 6.45. The number of hydrogen-bond acceptors (Lipinski definition) is 1. The normalized spacial score (nSPS) is 16.7. The quantitative estimate of drug-likeness (QED) is 0.771. The first-order valence-electron chi connectivity index (χ1n) is 8.27. The molecule has 1 heteroatoms. The van der Waals surface area contributed by atoms with Crippen LogP contribution >= 0.6 is 0 Å². The van der Waals surface area contributed by atoms with Crippen LogP contribution in [0.5, 0.6) is 0 Å². The van der Waals surface area contributed by atoms with Crippen molar-refractivity contribution in [3.8, 4) is 0 Å². The van der Waals surface area contributed by atoms with Crippen molar-refractivity contribution in [2.45, 2.75) is 45.1 Å². The summed E-state index contributed by atoms with van der Waals surface area (Å²) in [6, 6.07) is 15.9. The van der Waals surface area contributed by atoms with Gasteiger partial charge in [-0.3, -0.25) is 0 Å². The van der Waals surface area contributed by atoms with Crippen LogP contribution in [0.3, 0.4) is 0 Å². The van der Waals surface area contributed by atoms with Crippen LogP contribution in [-0.4, -0.2) is 12.6 Å². The summed E-state index contributed by atoms with van der Waals surface area (Å²) in [6.07, 6.45) is 8.80. The van der Waals surface area contributed by atoms with Crippen LogP contribution in [0.4, 0.5) is 0 Å². The Morgan fingerprint density at radius 1 is 1.05 bits per heavy atom. The molecule has 1 aliphatic carbocycles. The average molecular weight is 279 g/mol. The van der Waals surface area contributed by atoms with E-state index < -0.39 is 0 Å². The Morgan fingerprint density at radius 3 is 2.71 bits per heavy atom. The summed E-state index contributed by atoms with van der Waals surface area (Å²) in [5.41, 5.74) is 3.08. The Kier molecular flexibility index (Phi) is 4.72. The van der Waals surface area contributed by atoms with Gasteiger partial charge in [-0.05, 0) is 55.0 Å². The molecule has 0 amide bonds. The first-order valence-corrected chi connectivity index (χ1v) is 8.27. The lowest BCUT2D eigenvalue weighted by Gasteiger charge is -2.24. The lowest BCUT2D eigenvalue weighted by molar-refractivity contribution is 0.542. The highest BCUT2D eigenvalue weighted by Gasteiger charge is 2.16. The van der Waals surface area contributed by atoms with Crippen LogP contribution in [0.25, 0.3) is 10.8 Å². The number of hydrogen-bond donors (Lipinski definition) is 1. The molecule has 1 atom stereocenters. The summed E-state index contributed by atoms with van der Waals surface area (Å²) in [5.74, 6) is 0. The third kappa shape index (κ3) is 3.36. The first-order chi connectivity index (χ1) is 10.4. The highest BCUT2D eigenvalue weighted by Crippen LogP contribution is 2.25. The van der Waals surface area contributed by atoms with Crippen LogP contribution in [0.2, 0.25) is 0 Å². The van der Waals surface area contributed by atoms with Gasteiger partial charge in [-0.25, -0.2) is 0 Å². The minimum Gasteiger partial charge on any atom is -0.310 e. The SMILES string of the molecule is CCNC(Cc1cccc2ccccc12)C1=CCCCC1. The van der Waals surface area contributed by atoms with E-state index in [9.17, 15) is 0 Å². The van der Waals surface area contributed by atoms with Crippen molar-refractivity contribution in [3.63, 3.8) is 0 Å². The van der Waals surface area contributed by atoms with Gasteiger partial charge in [0.05, 0.1) is 0 Å². The van der Waals surface area contributed by atoms with Crippen molar-refractivity contribution in [2.24, 2.45) is 0 Å². The van der Waals surface area contributed by atoms with Gasteiger partial charge in [0.2, 0.25) is 0 Å². The van der Waals surface area contributed by atoms with Gasteiger partial charge in [-0.2, -0.15) is 0 Å². The summed E-state index contributed by atoms with van der Waals surface area (Å²) >= 11 is 0. The molecule has 2 aromatic carbocycles. The van der Waals surface area contributed by atoms with E-state index in [2.05, 4.69) is 60.8 Å². The smallest absolute Gasteiger partial charge is 0.0320 e. The van der Waals surface area contributed by atoms with E-state index in [1.54, 1.807) is 5.57 Å². The third-order valence-electron chi connectivity index (χ3n) is 4.53. The van der Waals surface area contributed by atoms with E-state index in [1.165, 1.54) is 42.0 Å². The van der Waals surface area contributed by atoms with E-state index in [1.807, 2.05) is 0 Å². The van der Waals surface area contributed by atoms with Gasteiger partial charge in [0.15, 0.2) is 0 Å². The van der Waals surface area contributed by atoms with Crippen molar-refractivity contribution < 1.29 is 0 Å². The van der Waals surface area contributed by atoms with Crippen LogP contribution < -0.4 is 5.32 Å². The van der Waals surface area contributed by atoms with Crippen molar-refractivity contribution in [2.75, 3.05) is 6.54 Å². The number of nitrogens with one attached hydrogen (secondary N) is 1. The molecule has 1 N–H and O–H groups in total. The summed E-state index contributed by atoms with van der Waals surface area (Å²) in [7, 11) is 0. The van der Waals surface area contributed by atoms with Gasteiger partial charge in [0, 0.05) is 6.04 Å². The van der Waals surface area contributed by atoms with Crippen LogP contribution in [-0.2, 0) is 6.42 Å². The zero-order valence-corrected chi connectivity index (χ0v) is 12.9. The van der Waals surface area contributed by atoms with E-state index in [0.717, 1.165) is 13.0 Å². The molecule has 0 fully saturated rings. The van der Waals surface area contributed by atoms with Crippen molar-refractivity contribution in [3.05, 3.63) is 59.7 Å². The summed E-state index contributed by atoms with van der Waals surface area (Å²) in [6.45, 7) is 3.24. The Balaban J connectivity index is 1.89. The lowest BCUT2D eigenvalue weighted by atomic mass is 9.89. The maximum atomic E-state index is 3.70. The van der Waals surface area contributed by atoms with Crippen LogP contribution in [0, 0.1) is 0 Å². The van der Waals surface area contributed by atoms with E-state index >= 15 is 0 Å². The fourth-order valence-corrected chi connectivity index (χ4v) is 3.45. The number of fused-ring (bicyclic) bond motifs is 1. The molecular formula is C20H25N. The first kappa shape index (κ1) is 14.3. The maximum absolute atomic E-state index is 3.70. The monoisotopic (exact) mass is 279 g/mol. The maximum Gasteiger partial charge on any atom is 0.0320 e. The minimum atomic E-state index is 0.501. The Labute approximate surface area is 128 Å². The highest BCUT2D eigenvalue weighted by atomic mass is 14.9. The molecule has 0 bridgehead atoms. The van der Waals surface area contributed by atoms with Gasteiger partial charge < -0.3 is 5.32 Å². The summed E-state index contributed by atoms with van der Waals surface area (Å²) < 4.78 is 0. The molecule has 0 spiro atoms. The molecule has 1 nitrogen and oxygen atoms in total. The predicted octanol–water partition coefficient (Wildman–Crippen LogP) is 4.86. The Morgan fingerprint density at radius 2 is 1.90 bits per heavy atom.